The quantitative estimate of drug-likeness (QED) is 0.561. The van der Waals surface area contributed by atoms with E-state index in [1.54, 1.807) is 0 Å². The van der Waals surface area contributed by atoms with Gasteiger partial charge in [0.05, 0.1) is 19.5 Å². The molecule has 0 N–H and O–H groups in total. The summed E-state index contributed by atoms with van der Waals surface area (Å²) in [6.07, 6.45) is 0.767. The van der Waals surface area contributed by atoms with Crippen molar-refractivity contribution < 1.29 is 17.3 Å². The van der Waals surface area contributed by atoms with Gasteiger partial charge in [-0.3, -0.25) is 4.18 Å². The molecule has 0 aromatic heterocycles. The van der Waals surface area contributed by atoms with Crippen molar-refractivity contribution in [2.24, 2.45) is 5.92 Å². The Morgan fingerprint density at radius 1 is 1.45 bits per heavy atom. The van der Waals surface area contributed by atoms with Gasteiger partial charge in [0.1, 0.15) is 6.10 Å². The monoisotopic (exact) mass is 180 g/mol. The van der Waals surface area contributed by atoms with Crippen molar-refractivity contribution in [3.05, 3.63) is 0 Å². The molecule has 0 saturated carbocycles. The Morgan fingerprint density at radius 2 is 2.09 bits per heavy atom. The topological polar surface area (TPSA) is 52.6 Å². The molecule has 0 aromatic rings. The Hall–Kier alpha value is -0.130. The first-order chi connectivity index (χ1) is 4.99. The van der Waals surface area contributed by atoms with Crippen molar-refractivity contribution in [3.8, 4) is 0 Å². The van der Waals surface area contributed by atoms with Crippen LogP contribution in [0.2, 0.25) is 0 Å². The van der Waals surface area contributed by atoms with Gasteiger partial charge in [0, 0.05) is 5.92 Å². The molecule has 0 amide bonds. The molecule has 0 radical (unpaired) electrons. The van der Waals surface area contributed by atoms with Crippen LogP contribution in [0.3, 0.4) is 0 Å². The van der Waals surface area contributed by atoms with Crippen molar-refractivity contribution >= 4 is 10.1 Å². The van der Waals surface area contributed by atoms with Gasteiger partial charge in [-0.15, -0.1) is 0 Å². The smallest absolute Gasteiger partial charge is 0.264 e. The van der Waals surface area contributed by atoms with E-state index < -0.39 is 10.1 Å². The summed E-state index contributed by atoms with van der Waals surface area (Å²) in [7, 11) is -3.32. The number of hydrogen-bond acceptors (Lipinski definition) is 4. The molecule has 1 rings (SSSR count). The zero-order chi connectivity index (χ0) is 8.48. The average Bonchev–Trinajstić information content (AvgIpc) is 2.12. The summed E-state index contributed by atoms with van der Waals surface area (Å²) in [5, 5.41) is 0. The van der Waals surface area contributed by atoms with Crippen LogP contribution >= 0.6 is 0 Å². The van der Waals surface area contributed by atoms with E-state index in [9.17, 15) is 8.42 Å². The normalized spacial score (nSPS) is 32.5. The fourth-order valence-corrected chi connectivity index (χ4v) is 1.68. The molecule has 0 bridgehead atoms. The molecule has 1 aliphatic heterocycles. The molecule has 1 aliphatic rings. The molecule has 1 saturated heterocycles. The summed E-state index contributed by atoms with van der Waals surface area (Å²) in [4.78, 5) is 0. The lowest BCUT2D eigenvalue weighted by molar-refractivity contribution is 0.143. The van der Waals surface area contributed by atoms with Crippen molar-refractivity contribution in [1.82, 2.24) is 0 Å². The highest BCUT2D eigenvalue weighted by Crippen LogP contribution is 2.17. The second-order valence-electron chi connectivity index (χ2n) is 2.85. The second kappa shape index (κ2) is 3.08. The lowest BCUT2D eigenvalue weighted by atomic mass is 10.1. The van der Waals surface area contributed by atoms with Crippen LogP contribution in [0.1, 0.15) is 6.92 Å². The molecular weight excluding hydrogens is 168 g/mol. The second-order valence-corrected chi connectivity index (χ2v) is 4.45. The Balaban J connectivity index is 2.50. The van der Waals surface area contributed by atoms with Gasteiger partial charge in [0.15, 0.2) is 0 Å². The van der Waals surface area contributed by atoms with Crippen molar-refractivity contribution in [2.45, 2.75) is 13.0 Å². The van der Waals surface area contributed by atoms with Crippen molar-refractivity contribution in [2.75, 3.05) is 19.5 Å². The summed E-state index contributed by atoms with van der Waals surface area (Å²) in [6.45, 7) is 2.87. The van der Waals surface area contributed by atoms with Gasteiger partial charge >= 0.3 is 0 Å². The van der Waals surface area contributed by atoms with E-state index in [-0.39, 0.29) is 12.0 Å². The molecule has 0 aliphatic carbocycles. The highest BCUT2D eigenvalue weighted by atomic mass is 32.2. The Kier molecular flexibility index (Phi) is 2.51. The minimum Gasteiger partial charge on any atom is -0.378 e. The molecule has 2 atom stereocenters. The lowest BCUT2D eigenvalue weighted by Gasteiger charge is -2.11. The van der Waals surface area contributed by atoms with Crippen LogP contribution < -0.4 is 0 Å². The average molecular weight is 180 g/mol. The fourth-order valence-electron chi connectivity index (χ4n) is 0.989. The van der Waals surface area contributed by atoms with Gasteiger partial charge in [-0.2, -0.15) is 8.42 Å². The highest BCUT2D eigenvalue weighted by Gasteiger charge is 2.28. The van der Waals surface area contributed by atoms with Gasteiger partial charge in [-0.25, -0.2) is 0 Å². The van der Waals surface area contributed by atoms with E-state index in [0.29, 0.717) is 13.2 Å². The number of hydrogen-bond donors (Lipinski definition) is 0. The molecule has 1 fully saturated rings. The van der Waals surface area contributed by atoms with Gasteiger partial charge in [-0.1, -0.05) is 6.92 Å². The molecule has 0 spiro atoms. The van der Waals surface area contributed by atoms with E-state index in [4.69, 9.17) is 8.92 Å². The predicted molar refractivity (Wildman–Crippen MR) is 39.7 cm³/mol. The third-order valence-corrected chi connectivity index (χ3v) is 2.19. The fraction of sp³-hybridized carbons (Fsp3) is 1.00. The van der Waals surface area contributed by atoms with Crippen LogP contribution in [0.15, 0.2) is 0 Å². The van der Waals surface area contributed by atoms with E-state index in [0.717, 1.165) is 6.26 Å². The Morgan fingerprint density at radius 3 is 2.45 bits per heavy atom. The van der Waals surface area contributed by atoms with Crippen molar-refractivity contribution in [1.29, 1.82) is 0 Å². The maximum absolute atomic E-state index is 10.7. The van der Waals surface area contributed by atoms with E-state index in [1.807, 2.05) is 6.92 Å². The third-order valence-electron chi connectivity index (χ3n) is 1.60. The summed E-state index contributed by atoms with van der Waals surface area (Å²) in [5.74, 6) is 0.171. The zero-order valence-corrected chi connectivity index (χ0v) is 7.43. The third kappa shape index (κ3) is 2.76. The van der Waals surface area contributed by atoms with Gasteiger partial charge < -0.3 is 4.74 Å². The predicted octanol–water partition coefficient (Wildman–Crippen LogP) is -0.00250. The van der Waals surface area contributed by atoms with Gasteiger partial charge in [0.25, 0.3) is 10.1 Å². The first kappa shape index (κ1) is 8.96. The molecule has 5 heteroatoms. The van der Waals surface area contributed by atoms with E-state index in [2.05, 4.69) is 0 Å². The van der Waals surface area contributed by atoms with Gasteiger partial charge in [-0.05, 0) is 0 Å². The summed E-state index contributed by atoms with van der Waals surface area (Å²) >= 11 is 0. The molecule has 66 valence electrons. The first-order valence-electron chi connectivity index (χ1n) is 3.45. The zero-order valence-electron chi connectivity index (χ0n) is 6.61. The standard InChI is InChI=1S/C6H12O4S/c1-5-3-9-4-6(5)10-11(2,7)8/h5-6H,3-4H2,1-2H3/t5-,6-/m0/s1. The van der Waals surface area contributed by atoms with Crippen LogP contribution in [0.5, 0.6) is 0 Å². The Labute approximate surface area is 66.6 Å². The summed E-state index contributed by atoms with van der Waals surface area (Å²) < 4.78 is 31.1. The maximum atomic E-state index is 10.7. The summed E-state index contributed by atoms with van der Waals surface area (Å²) in [6, 6.07) is 0. The SMILES string of the molecule is C[C@H]1COC[C@@H]1OS(C)(=O)=O. The van der Waals surface area contributed by atoms with Crippen LogP contribution in [-0.4, -0.2) is 34.0 Å². The minimum absolute atomic E-state index is 0.171. The van der Waals surface area contributed by atoms with Crippen LogP contribution in [0, 0.1) is 5.92 Å². The summed E-state index contributed by atoms with van der Waals surface area (Å²) in [5.41, 5.74) is 0. The van der Waals surface area contributed by atoms with Crippen LogP contribution in [-0.2, 0) is 19.0 Å². The van der Waals surface area contributed by atoms with Crippen LogP contribution in [0.4, 0.5) is 0 Å². The molecule has 0 unspecified atom stereocenters. The van der Waals surface area contributed by atoms with E-state index >= 15 is 0 Å². The maximum Gasteiger partial charge on any atom is 0.264 e. The van der Waals surface area contributed by atoms with Crippen LogP contribution in [0.25, 0.3) is 0 Å². The molecule has 11 heavy (non-hydrogen) atoms. The molecular formula is C6H12O4S. The molecule has 4 nitrogen and oxygen atoms in total. The number of rotatable bonds is 2. The first-order valence-corrected chi connectivity index (χ1v) is 5.26. The highest BCUT2D eigenvalue weighted by molar-refractivity contribution is 7.86. The van der Waals surface area contributed by atoms with Crippen molar-refractivity contribution in [3.63, 3.8) is 0 Å². The Bertz CT molecular complexity index is 221. The lowest BCUT2D eigenvalue weighted by Crippen LogP contribution is -2.23. The number of ether oxygens (including phenoxy) is 1. The minimum atomic E-state index is -3.32. The molecule has 0 aromatic carbocycles. The van der Waals surface area contributed by atoms with Gasteiger partial charge in [0.2, 0.25) is 0 Å². The molecule has 1 heterocycles. The van der Waals surface area contributed by atoms with E-state index in [1.165, 1.54) is 0 Å². The largest absolute Gasteiger partial charge is 0.378 e.